The van der Waals surface area contributed by atoms with E-state index in [2.05, 4.69) is 4.98 Å². The van der Waals surface area contributed by atoms with E-state index in [0.29, 0.717) is 13.0 Å². The molecule has 2 aromatic rings. The fourth-order valence-corrected chi connectivity index (χ4v) is 3.10. The first-order chi connectivity index (χ1) is 10.1. The molecule has 1 atom stereocenters. The monoisotopic (exact) mass is 286 g/mol. The topological polar surface area (TPSA) is 73.4 Å². The highest BCUT2D eigenvalue weighted by molar-refractivity contribution is 5.92. The molecule has 21 heavy (non-hydrogen) atoms. The number of H-pyrrole nitrogens is 1. The summed E-state index contributed by atoms with van der Waals surface area (Å²) >= 11 is 0. The van der Waals surface area contributed by atoms with Crippen LogP contribution in [0.15, 0.2) is 24.4 Å². The van der Waals surface area contributed by atoms with Crippen molar-refractivity contribution in [2.24, 2.45) is 0 Å². The fraction of sp³-hybridized carbons (Fsp3) is 0.375. The molecule has 1 aliphatic rings. The van der Waals surface area contributed by atoms with Crippen LogP contribution in [0.2, 0.25) is 0 Å². The SMILES string of the molecule is Cc1cccc2c(CC(=O)N3CCCC3C(=O)O)c[nH]c12. The standard InChI is InChI=1S/C16H18N2O3/c1-10-4-2-5-12-11(9-17-15(10)12)8-14(19)18-7-3-6-13(18)16(20)21/h2,4-5,9,13,17H,3,6-8H2,1H3,(H,20,21). The van der Waals surface area contributed by atoms with Crippen LogP contribution in [0.5, 0.6) is 0 Å². The van der Waals surface area contributed by atoms with Gasteiger partial charge in [0.15, 0.2) is 0 Å². The molecule has 1 unspecified atom stereocenters. The summed E-state index contributed by atoms with van der Waals surface area (Å²) in [5, 5.41) is 10.2. The van der Waals surface area contributed by atoms with Gasteiger partial charge in [0.05, 0.1) is 6.42 Å². The predicted molar refractivity (Wildman–Crippen MR) is 79.1 cm³/mol. The number of aryl methyl sites for hydroxylation is 1. The van der Waals surface area contributed by atoms with Gasteiger partial charge >= 0.3 is 5.97 Å². The van der Waals surface area contributed by atoms with Crippen molar-refractivity contribution in [3.63, 3.8) is 0 Å². The number of carboxylic acid groups (broad SMARTS) is 1. The van der Waals surface area contributed by atoms with Crippen molar-refractivity contribution in [3.05, 3.63) is 35.5 Å². The zero-order chi connectivity index (χ0) is 15.0. The van der Waals surface area contributed by atoms with Gasteiger partial charge in [-0.1, -0.05) is 18.2 Å². The highest BCUT2D eigenvalue weighted by atomic mass is 16.4. The van der Waals surface area contributed by atoms with Crippen LogP contribution in [0.25, 0.3) is 10.9 Å². The van der Waals surface area contributed by atoms with Crippen LogP contribution in [-0.2, 0) is 16.0 Å². The maximum atomic E-state index is 12.4. The summed E-state index contributed by atoms with van der Waals surface area (Å²) in [5.74, 6) is -1.02. The van der Waals surface area contributed by atoms with E-state index in [0.717, 1.165) is 28.5 Å². The van der Waals surface area contributed by atoms with Gasteiger partial charge in [-0.3, -0.25) is 4.79 Å². The molecule has 3 rings (SSSR count). The Labute approximate surface area is 122 Å². The first kappa shape index (κ1) is 13.7. The van der Waals surface area contributed by atoms with Crippen molar-refractivity contribution in [2.45, 2.75) is 32.2 Å². The van der Waals surface area contributed by atoms with Crippen LogP contribution >= 0.6 is 0 Å². The summed E-state index contributed by atoms with van der Waals surface area (Å²) < 4.78 is 0. The van der Waals surface area contributed by atoms with Crippen molar-refractivity contribution in [1.82, 2.24) is 9.88 Å². The van der Waals surface area contributed by atoms with E-state index in [4.69, 9.17) is 5.11 Å². The van der Waals surface area contributed by atoms with Gasteiger partial charge in [-0.05, 0) is 30.9 Å². The Balaban J connectivity index is 1.84. The van der Waals surface area contributed by atoms with Crippen molar-refractivity contribution in [2.75, 3.05) is 6.54 Å². The van der Waals surface area contributed by atoms with Crippen LogP contribution < -0.4 is 0 Å². The number of amides is 1. The van der Waals surface area contributed by atoms with Gasteiger partial charge in [-0.25, -0.2) is 4.79 Å². The molecule has 1 fully saturated rings. The number of para-hydroxylation sites is 1. The van der Waals surface area contributed by atoms with Gasteiger partial charge in [-0.2, -0.15) is 0 Å². The van der Waals surface area contributed by atoms with E-state index in [1.165, 1.54) is 4.90 Å². The lowest BCUT2D eigenvalue weighted by Gasteiger charge is -2.21. The van der Waals surface area contributed by atoms with Crippen molar-refractivity contribution in [3.8, 4) is 0 Å². The Morgan fingerprint density at radius 3 is 3.00 bits per heavy atom. The molecule has 0 aliphatic carbocycles. The second-order valence-corrected chi connectivity index (χ2v) is 5.57. The third-order valence-corrected chi connectivity index (χ3v) is 4.21. The number of fused-ring (bicyclic) bond motifs is 1. The average molecular weight is 286 g/mol. The van der Waals surface area contributed by atoms with Crippen molar-refractivity contribution in [1.29, 1.82) is 0 Å². The van der Waals surface area contributed by atoms with Crippen LogP contribution in [0.1, 0.15) is 24.0 Å². The predicted octanol–water partition coefficient (Wildman–Crippen LogP) is 2.09. The molecular formula is C16H18N2O3. The number of nitrogens with one attached hydrogen (secondary N) is 1. The molecule has 1 aromatic carbocycles. The van der Waals surface area contributed by atoms with Crippen LogP contribution in [0, 0.1) is 6.92 Å². The Hall–Kier alpha value is -2.30. The molecule has 5 heteroatoms. The summed E-state index contributed by atoms with van der Waals surface area (Å²) in [6, 6.07) is 5.31. The molecule has 5 nitrogen and oxygen atoms in total. The summed E-state index contributed by atoms with van der Waals surface area (Å²) in [7, 11) is 0. The quantitative estimate of drug-likeness (QED) is 0.907. The lowest BCUT2D eigenvalue weighted by Crippen LogP contribution is -2.41. The van der Waals surface area contributed by atoms with Crippen LogP contribution in [-0.4, -0.2) is 39.5 Å². The minimum absolute atomic E-state index is 0.109. The number of nitrogens with zero attached hydrogens (tertiary/aromatic N) is 1. The first-order valence-electron chi connectivity index (χ1n) is 7.16. The maximum Gasteiger partial charge on any atom is 0.326 e. The molecule has 0 saturated carbocycles. The number of aromatic amines is 1. The van der Waals surface area contributed by atoms with Crippen molar-refractivity contribution >= 4 is 22.8 Å². The molecular weight excluding hydrogens is 268 g/mol. The van der Waals surface area contributed by atoms with E-state index in [9.17, 15) is 9.59 Å². The van der Waals surface area contributed by atoms with E-state index < -0.39 is 12.0 Å². The molecule has 0 spiro atoms. The summed E-state index contributed by atoms with van der Waals surface area (Å²) in [6.07, 6.45) is 3.40. The number of carbonyl (C=O) groups excluding carboxylic acids is 1. The van der Waals surface area contributed by atoms with E-state index >= 15 is 0 Å². The van der Waals surface area contributed by atoms with Gasteiger partial charge in [0.2, 0.25) is 5.91 Å². The van der Waals surface area contributed by atoms with Crippen molar-refractivity contribution < 1.29 is 14.7 Å². The van der Waals surface area contributed by atoms with Gasteiger partial charge < -0.3 is 15.0 Å². The smallest absolute Gasteiger partial charge is 0.326 e. The van der Waals surface area contributed by atoms with E-state index in [1.807, 2.05) is 31.3 Å². The van der Waals surface area contributed by atoms with E-state index in [1.54, 1.807) is 0 Å². The molecule has 1 aliphatic heterocycles. The van der Waals surface area contributed by atoms with Gasteiger partial charge in [0.1, 0.15) is 6.04 Å². The molecule has 2 N–H and O–H groups in total. The molecule has 2 heterocycles. The lowest BCUT2D eigenvalue weighted by molar-refractivity contribution is -0.147. The normalized spacial score (nSPS) is 18.3. The summed E-state index contributed by atoms with van der Waals surface area (Å²) in [4.78, 5) is 28.3. The van der Waals surface area contributed by atoms with Gasteiger partial charge in [0, 0.05) is 23.6 Å². The third-order valence-electron chi connectivity index (χ3n) is 4.21. The maximum absolute atomic E-state index is 12.4. The number of benzene rings is 1. The summed E-state index contributed by atoms with van der Waals surface area (Å²) in [6.45, 7) is 2.56. The number of hydrogen-bond acceptors (Lipinski definition) is 2. The minimum atomic E-state index is -0.907. The Morgan fingerprint density at radius 1 is 1.43 bits per heavy atom. The number of aliphatic carboxylic acids is 1. The van der Waals surface area contributed by atoms with Gasteiger partial charge in [-0.15, -0.1) is 0 Å². The molecule has 110 valence electrons. The first-order valence-corrected chi connectivity index (χ1v) is 7.16. The minimum Gasteiger partial charge on any atom is -0.480 e. The van der Waals surface area contributed by atoms with Crippen LogP contribution in [0.3, 0.4) is 0 Å². The second kappa shape index (κ2) is 5.24. The molecule has 0 radical (unpaired) electrons. The Bertz CT molecular complexity index is 705. The average Bonchev–Trinajstić information content (AvgIpc) is 3.06. The summed E-state index contributed by atoms with van der Waals surface area (Å²) in [5.41, 5.74) is 3.10. The number of hydrogen-bond donors (Lipinski definition) is 2. The Morgan fingerprint density at radius 2 is 2.24 bits per heavy atom. The highest BCUT2D eigenvalue weighted by Crippen LogP contribution is 2.24. The Kier molecular flexibility index (Phi) is 3.41. The molecule has 0 bridgehead atoms. The number of carbonyl (C=O) groups is 2. The highest BCUT2D eigenvalue weighted by Gasteiger charge is 2.33. The number of likely N-dealkylation sites (tertiary alicyclic amines) is 1. The molecule has 1 aromatic heterocycles. The zero-order valence-corrected chi connectivity index (χ0v) is 11.9. The van der Waals surface area contributed by atoms with E-state index in [-0.39, 0.29) is 12.3 Å². The third kappa shape index (κ3) is 2.39. The second-order valence-electron chi connectivity index (χ2n) is 5.57. The molecule has 1 saturated heterocycles. The number of carboxylic acids is 1. The number of rotatable bonds is 3. The largest absolute Gasteiger partial charge is 0.480 e. The zero-order valence-electron chi connectivity index (χ0n) is 11.9. The lowest BCUT2D eigenvalue weighted by atomic mass is 10.1. The number of aromatic nitrogens is 1. The molecule has 1 amide bonds. The fourth-order valence-electron chi connectivity index (χ4n) is 3.10. The van der Waals surface area contributed by atoms with Gasteiger partial charge in [0.25, 0.3) is 0 Å². The van der Waals surface area contributed by atoms with Crippen LogP contribution in [0.4, 0.5) is 0 Å².